The predicted octanol–water partition coefficient (Wildman–Crippen LogP) is 1.11. The van der Waals surface area contributed by atoms with Gasteiger partial charge in [-0.2, -0.15) is 4.98 Å². The Kier molecular flexibility index (Phi) is 3.27. The SMILES string of the molecule is CC1CN(c2n[nH]c(-c3ccc(O)cc3F)n2)CCN1. The van der Waals surface area contributed by atoms with Crippen LogP contribution in [0.25, 0.3) is 11.4 Å². The second kappa shape index (κ2) is 5.09. The summed E-state index contributed by atoms with van der Waals surface area (Å²) in [5.74, 6) is 0.299. The molecule has 3 N–H and O–H groups in total. The Balaban J connectivity index is 1.86. The molecule has 2 heterocycles. The number of nitrogens with one attached hydrogen (secondary N) is 2. The van der Waals surface area contributed by atoms with Gasteiger partial charge in [0.25, 0.3) is 0 Å². The van der Waals surface area contributed by atoms with Crippen LogP contribution in [0.4, 0.5) is 10.3 Å². The summed E-state index contributed by atoms with van der Waals surface area (Å²) < 4.78 is 13.8. The van der Waals surface area contributed by atoms with Gasteiger partial charge in [-0.25, -0.2) is 4.39 Å². The molecule has 1 atom stereocenters. The van der Waals surface area contributed by atoms with E-state index < -0.39 is 5.82 Å². The maximum absolute atomic E-state index is 13.8. The maximum Gasteiger partial charge on any atom is 0.245 e. The largest absolute Gasteiger partial charge is 0.508 e. The van der Waals surface area contributed by atoms with Crippen molar-refractivity contribution in [3.63, 3.8) is 0 Å². The van der Waals surface area contributed by atoms with Crippen molar-refractivity contribution in [2.24, 2.45) is 0 Å². The minimum absolute atomic E-state index is 0.109. The van der Waals surface area contributed by atoms with Gasteiger partial charge in [0.2, 0.25) is 5.95 Å². The summed E-state index contributed by atoms with van der Waals surface area (Å²) in [4.78, 5) is 6.39. The number of benzene rings is 1. The van der Waals surface area contributed by atoms with Crippen molar-refractivity contribution in [2.75, 3.05) is 24.5 Å². The van der Waals surface area contributed by atoms with E-state index in [1.807, 2.05) is 0 Å². The molecule has 1 aromatic heterocycles. The Morgan fingerprint density at radius 1 is 1.45 bits per heavy atom. The van der Waals surface area contributed by atoms with Crippen LogP contribution in [0, 0.1) is 5.82 Å². The lowest BCUT2D eigenvalue weighted by Crippen LogP contribution is -2.49. The summed E-state index contributed by atoms with van der Waals surface area (Å²) >= 11 is 0. The fraction of sp³-hybridized carbons (Fsp3) is 0.385. The molecule has 1 aromatic carbocycles. The first-order chi connectivity index (χ1) is 9.63. The van der Waals surface area contributed by atoms with Crippen LogP contribution >= 0.6 is 0 Å². The zero-order chi connectivity index (χ0) is 14.1. The van der Waals surface area contributed by atoms with Gasteiger partial charge in [0, 0.05) is 31.7 Å². The van der Waals surface area contributed by atoms with Gasteiger partial charge in [0.15, 0.2) is 5.82 Å². The number of piperazine rings is 1. The molecule has 0 amide bonds. The molecule has 6 nitrogen and oxygen atoms in total. The van der Waals surface area contributed by atoms with Crippen molar-refractivity contribution in [3.05, 3.63) is 24.0 Å². The summed E-state index contributed by atoms with van der Waals surface area (Å²) in [7, 11) is 0. The first-order valence-electron chi connectivity index (χ1n) is 6.53. The van der Waals surface area contributed by atoms with E-state index in [9.17, 15) is 9.50 Å². The molecular weight excluding hydrogens is 261 g/mol. The minimum atomic E-state index is -0.527. The molecule has 1 aliphatic rings. The highest BCUT2D eigenvalue weighted by Crippen LogP contribution is 2.24. The van der Waals surface area contributed by atoms with Crippen molar-refractivity contribution in [1.29, 1.82) is 0 Å². The molecule has 2 aromatic rings. The quantitative estimate of drug-likeness (QED) is 0.766. The number of halogens is 1. The first-order valence-corrected chi connectivity index (χ1v) is 6.53. The normalized spacial score (nSPS) is 19.3. The number of aromatic nitrogens is 3. The zero-order valence-corrected chi connectivity index (χ0v) is 11.1. The molecule has 0 radical (unpaired) electrons. The molecule has 106 valence electrons. The smallest absolute Gasteiger partial charge is 0.245 e. The number of H-pyrrole nitrogens is 1. The van der Waals surface area contributed by atoms with E-state index in [1.165, 1.54) is 12.1 Å². The molecule has 1 unspecified atom stereocenters. The van der Waals surface area contributed by atoms with E-state index in [-0.39, 0.29) is 5.75 Å². The fourth-order valence-electron chi connectivity index (χ4n) is 2.32. The van der Waals surface area contributed by atoms with E-state index in [2.05, 4.69) is 32.3 Å². The summed E-state index contributed by atoms with van der Waals surface area (Å²) in [5, 5.41) is 19.5. The Morgan fingerprint density at radius 2 is 2.30 bits per heavy atom. The van der Waals surface area contributed by atoms with Gasteiger partial charge in [-0.1, -0.05) is 0 Å². The van der Waals surface area contributed by atoms with Gasteiger partial charge in [-0.05, 0) is 19.1 Å². The molecule has 0 aliphatic carbocycles. The van der Waals surface area contributed by atoms with Crippen LogP contribution in [0.15, 0.2) is 18.2 Å². The maximum atomic E-state index is 13.8. The third-order valence-corrected chi connectivity index (χ3v) is 3.33. The second-order valence-corrected chi connectivity index (χ2v) is 4.95. The van der Waals surface area contributed by atoms with Crippen molar-refractivity contribution in [1.82, 2.24) is 20.5 Å². The van der Waals surface area contributed by atoms with Crippen LogP contribution in [0.3, 0.4) is 0 Å². The van der Waals surface area contributed by atoms with Crippen LogP contribution in [0.1, 0.15) is 6.92 Å². The Morgan fingerprint density at radius 3 is 3.05 bits per heavy atom. The number of rotatable bonds is 2. The lowest BCUT2D eigenvalue weighted by Gasteiger charge is -2.30. The van der Waals surface area contributed by atoms with Crippen molar-refractivity contribution < 1.29 is 9.50 Å². The summed E-state index contributed by atoms with van der Waals surface area (Å²) in [5.41, 5.74) is 0.296. The van der Waals surface area contributed by atoms with E-state index >= 15 is 0 Å². The van der Waals surface area contributed by atoms with Crippen LogP contribution in [0.2, 0.25) is 0 Å². The van der Waals surface area contributed by atoms with Crippen LogP contribution < -0.4 is 10.2 Å². The fourth-order valence-corrected chi connectivity index (χ4v) is 2.32. The molecule has 7 heteroatoms. The number of nitrogens with zero attached hydrogens (tertiary/aromatic N) is 3. The van der Waals surface area contributed by atoms with Gasteiger partial charge in [-0.15, -0.1) is 5.10 Å². The number of hydrogen-bond donors (Lipinski definition) is 3. The molecule has 0 bridgehead atoms. The number of aromatic amines is 1. The third-order valence-electron chi connectivity index (χ3n) is 3.33. The average Bonchev–Trinajstić information content (AvgIpc) is 2.88. The van der Waals surface area contributed by atoms with Crippen molar-refractivity contribution in [3.8, 4) is 17.1 Å². The number of aromatic hydroxyl groups is 1. The molecule has 3 rings (SSSR count). The van der Waals surface area contributed by atoms with Gasteiger partial charge >= 0.3 is 0 Å². The lowest BCUT2D eigenvalue weighted by molar-refractivity contribution is 0.469. The topological polar surface area (TPSA) is 77.1 Å². The molecule has 0 saturated carbocycles. The van der Waals surface area contributed by atoms with Crippen LogP contribution in [-0.4, -0.2) is 46.0 Å². The summed E-state index contributed by atoms with van der Waals surface area (Å²) in [6, 6.07) is 4.34. The number of phenolic OH excluding ortho intramolecular Hbond substituents is 1. The lowest BCUT2D eigenvalue weighted by atomic mass is 10.2. The average molecular weight is 277 g/mol. The third kappa shape index (κ3) is 2.44. The standard InChI is InChI=1S/C13H16FN5O/c1-8-7-19(5-4-15-8)13-16-12(17-18-13)10-3-2-9(20)6-11(10)14/h2-3,6,8,15,20H,4-5,7H2,1H3,(H,16,17,18). The van der Waals surface area contributed by atoms with Gasteiger partial charge < -0.3 is 15.3 Å². The summed E-state index contributed by atoms with van der Waals surface area (Å²) in [6.07, 6.45) is 0. The predicted molar refractivity (Wildman–Crippen MR) is 73.1 cm³/mol. The Labute approximate surface area is 115 Å². The van der Waals surface area contributed by atoms with Crippen LogP contribution in [0.5, 0.6) is 5.75 Å². The van der Waals surface area contributed by atoms with E-state index in [1.54, 1.807) is 0 Å². The minimum Gasteiger partial charge on any atom is -0.508 e. The number of anilines is 1. The Hall–Kier alpha value is -2.15. The summed E-state index contributed by atoms with van der Waals surface area (Å²) in [6.45, 7) is 4.60. The van der Waals surface area contributed by atoms with Crippen molar-refractivity contribution >= 4 is 5.95 Å². The second-order valence-electron chi connectivity index (χ2n) is 4.95. The molecular formula is C13H16FN5O. The van der Waals surface area contributed by atoms with Crippen molar-refractivity contribution in [2.45, 2.75) is 13.0 Å². The highest BCUT2D eigenvalue weighted by atomic mass is 19.1. The molecule has 0 spiro atoms. The van der Waals surface area contributed by atoms with Gasteiger partial charge in [-0.3, -0.25) is 5.10 Å². The van der Waals surface area contributed by atoms with E-state index in [4.69, 9.17) is 0 Å². The highest BCUT2D eigenvalue weighted by molar-refractivity contribution is 5.58. The molecule has 1 saturated heterocycles. The molecule has 20 heavy (non-hydrogen) atoms. The first kappa shape index (κ1) is 12.9. The number of hydrogen-bond acceptors (Lipinski definition) is 5. The Bertz CT molecular complexity index is 615. The van der Waals surface area contributed by atoms with E-state index in [0.717, 1.165) is 25.7 Å². The number of phenols is 1. The van der Waals surface area contributed by atoms with Gasteiger partial charge in [0.1, 0.15) is 11.6 Å². The zero-order valence-electron chi connectivity index (χ0n) is 11.1. The molecule has 1 aliphatic heterocycles. The van der Waals surface area contributed by atoms with Gasteiger partial charge in [0.05, 0.1) is 5.56 Å². The molecule has 1 fully saturated rings. The van der Waals surface area contributed by atoms with E-state index in [0.29, 0.717) is 23.4 Å². The van der Waals surface area contributed by atoms with Crippen LogP contribution in [-0.2, 0) is 0 Å². The highest BCUT2D eigenvalue weighted by Gasteiger charge is 2.20. The monoisotopic (exact) mass is 277 g/mol.